The molecule has 1 amide bonds. The van der Waals surface area contributed by atoms with Gasteiger partial charge in [-0.1, -0.05) is 74.6 Å². The van der Waals surface area contributed by atoms with Crippen LogP contribution in [0.4, 0.5) is 11.5 Å². The summed E-state index contributed by atoms with van der Waals surface area (Å²) in [6.07, 6.45) is 10.2. The average Bonchev–Trinajstić information content (AvgIpc) is 4.16. The molecule has 4 atom stereocenters. The van der Waals surface area contributed by atoms with Crippen LogP contribution in [0.3, 0.4) is 0 Å². The van der Waals surface area contributed by atoms with E-state index in [2.05, 4.69) is 83.3 Å². The first kappa shape index (κ1) is 60.0. The number of hydrogen-bond donors (Lipinski definition) is 6. The maximum atomic E-state index is 13.1. The SMILES string of the molecule is CC[N+](CC)=c1ccc2c(/C=C/C=C3/N(CCCCCC(=O)NCC#Cc4cn([C@H]5CC[C@@H](COP(=O)(O)OP(=O)(O)OP(=O)(O)O)O5)c5ncnc(N)c45)c4ccc(S(=O)(=O)[O-])cc4C3(C)C)c(C)c(-c3ccccc3)oc-2c1. The molecular weight excluding hydrogens is 1120 g/mol. The third-order valence-electron chi connectivity index (χ3n) is 13.8. The Hall–Kier alpha value is -6.12. The first-order valence-electron chi connectivity index (χ1n) is 25.6. The van der Waals surface area contributed by atoms with Crippen LogP contribution in [0, 0.1) is 18.8 Å². The number of rotatable bonds is 21. The van der Waals surface area contributed by atoms with Crippen LogP contribution in [0.1, 0.15) is 94.7 Å². The molecule has 80 heavy (non-hydrogen) atoms. The van der Waals surface area contributed by atoms with Crippen LogP contribution in [0.2, 0.25) is 0 Å². The van der Waals surface area contributed by atoms with Gasteiger partial charge in [-0.05, 0) is 87.9 Å². The lowest BCUT2D eigenvalue weighted by atomic mass is 9.83. The minimum Gasteiger partial charge on any atom is -0.744 e. The lowest BCUT2D eigenvalue weighted by Crippen LogP contribution is -2.29. The summed E-state index contributed by atoms with van der Waals surface area (Å²) >= 11 is 0. The first-order chi connectivity index (χ1) is 37.8. The normalized spacial score (nSPS) is 18.3. The van der Waals surface area contributed by atoms with Gasteiger partial charge in [0.1, 0.15) is 58.7 Å². The number of carbonyl (C=O) groups excluding carboxylic acids is 1. The predicted octanol–water partition coefficient (Wildman–Crippen LogP) is 7.85. The van der Waals surface area contributed by atoms with Crippen LogP contribution < -0.4 is 25.9 Å². The highest BCUT2D eigenvalue weighted by atomic mass is 32.2. The second kappa shape index (κ2) is 24.5. The third kappa shape index (κ3) is 14.1. The minimum atomic E-state index is -5.69. The largest absolute Gasteiger partial charge is 0.744 e. The molecule has 0 bridgehead atoms. The van der Waals surface area contributed by atoms with E-state index in [1.807, 2.05) is 63.3 Å². The van der Waals surface area contributed by atoms with E-state index < -0.39 is 57.9 Å². The summed E-state index contributed by atoms with van der Waals surface area (Å²) < 4.78 is 100. The van der Waals surface area contributed by atoms with E-state index in [0.29, 0.717) is 54.4 Å². The van der Waals surface area contributed by atoms with Gasteiger partial charge < -0.3 is 53.8 Å². The zero-order valence-corrected chi connectivity index (χ0v) is 47.9. The Morgan fingerprint density at radius 2 is 1.74 bits per heavy atom. The van der Waals surface area contributed by atoms with E-state index in [0.717, 1.165) is 63.6 Å². The van der Waals surface area contributed by atoms with Gasteiger partial charge in [0, 0.05) is 58.7 Å². The molecule has 27 heteroatoms. The lowest BCUT2D eigenvalue weighted by molar-refractivity contribution is -0.120. The van der Waals surface area contributed by atoms with Gasteiger partial charge in [0.25, 0.3) is 0 Å². The molecule has 2 unspecified atom stereocenters. The molecule has 7 N–H and O–H groups in total. The monoisotopic (exact) mass is 1180 g/mol. The van der Waals surface area contributed by atoms with Crippen LogP contribution in [-0.4, -0.2) is 91.9 Å². The van der Waals surface area contributed by atoms with Gasteiger partial charge in [-0.2, -0.15) is 8.62 Å². The van der Waals surface area contributed by atoms with E-state index in [1.54, 1.807) is 16.8 Å². The van der Waals surface area contributed by atoms with Crippen molar-refractivity contribution < 1.29 is 73.3 Å². The molecule has 2 aromatic carbocycles. The van der Waals surface area contributed by atoms with Crippen molar-refractivity contribution in [3.05, 3.63) is 125 Å². The summed E-state index contributed by atoms with van der Waals surface area (Å²) in [6, 6.07) is 20.8. The Kier molecular flexibility index (Phi) is 18.4. The van der Waals surface area contributed by atoms with Crippen LogP contribution in [0.25, 0.3) is 39.8 Å². The summed E-state index contributed by atoms with van der Waals surface area (Å²) in [5.41, 5.74) is 12.6. The first-order valence-corrected chi connectivity index (χ1v) is 31.5. The molecule has 3 aliphatic heterocycles. The number of aromatic nitrogens is 3. The molecule has 8 rings (SSSR count). The molecule has 1 fully saturated rings. The Morgan fingerprint density at radius 3 is 2.45 bits per heavy atom. The second-order valence-corrected chi connectivity index (χ2v) is 25.3. The second-order valence-electron chi connectivity index (χ2n) is 19.5. The van der Waals surface area contributed by atoms with Gasteiger partial charge in [0.05, 0.1) is 41.2 Å². The van der Waals surface area contributed by atoms with Crippen LogP contribution >= 0.6 is 23.5 Å². The van der Waals surface area contributed by atoms with Crippen molar-refractivity contribution in [1.82, 2.24) is 24.4 Å². The number of nitrogens with one attached hydrogen (secondary N) is 1. The number of ether oxygens (including phenoxy) is 1. The summed E-state index contributed by atoms with van der Waals surface area (Å²) in [5, 5.41) is 4.30. The number of nitrogens with two attached hydrogens (primary N) is 1. The quantitative estimate of drug-likeness (QED) is 0.0131. The maximum absolute atomic E-state index is 13.1. The smallest absolute Gasteiger partial charge is 0.490 e. The van der Waals surface area contributed by atoms with Crippen LogP contribution in [-0.2, 0) is 51.9 Å². The zero-order chi connectivity index (χ0) is 57.8. The van der Waals surface area contributed by atoms with Gasteiger partial charge in [-0.25, -0.2) is 36.7 Å². The van der Waals surface area contributed by atoms with E-state index in [4.69, 9.17) is 29.2 Å². The Bertz CT molecular complexity index is 3750. The Morgan fingerprint density at radius 1 is 0.988 bits per heavy atom. The number of phosphoric ester groups is 1. The molecule has 0 saturated carbocycles. The zero-order valence-electron chi connectivity index (χ0n) is 44.4. The number of unbranched alkanes of at least 4 members (excludes halogenated alkanes) is 2. The number of benzene rings is 3. The van der Waals surface area contributed by atoms with Crippen molar-refractivity contribution in [1.29, 1.82) is 0 Å². The van der Waals surface area contributed by atoms with Crippen molar-refractivity contribution in [3.63, 3.8) is 0 Å². The van der Waals surface area contributed by atoms with Crippen molar-refractivity contribution >= 4 is 68.1 Å². The fourth-order valence-corrected chi connectivity index (χ4v) is 13.5. The number of nitrogens with zero attached hydrogens (tertiary/aromatic N) is 5. The minimum absolute atomic E-state index is 0.00206. The molecule has 1 saturated heterocycles. The average molecular weight is 1180 g/mol. The molecule has 2 aromatic heterocycles. The fourth-order valence-electron chi connectivity index (χ4n) is 10.0. The highest BCUT2D eigenvalue weighted by Crippen LogP contribution is 2.66. The number of phosphoric acid groups is 3. The molecule has 1 aliphatic carbocycles. The molecule has 0 spiro atoms. The molecule has 4 aromatic rings. The van der Waals surface area contributed by atoms with Gasteiger partial charge in [-0.15, -0.1) is 0 Å². The summed E-state index contributed by atoms with van der Waals surface area (Å²) in [4.78, 5) is 60.2. The molecule has 0 radical (unpaired) electrons. The summed E-state index contributed by atoms with van der Waals surface area (Å²) in [5.74, 6) is 7.37. The topological polar surface area (TPSA) is 331 Å². The number of amides is 1. The molecule has 4 aliphatic rings. The summed E-state index contributed by atoms with van der Waals surface area (Å²) in [6.45, 7) is 11.9. The van der Waals surface area contributed by atoms with E-state index >= 15 is 0 Å². The molecular formula is C53H62N7O16P3S. The van der Waals surface area contributed by atoms with Crippen LogP contribution in [0.5, 0.6) is 0 Å². The van der Waals surface area contributed by atoms with Crippen molar-refractivity contribution in [2.24, 2.45) is 0 Å². The fraction of sp³-hybridized carbons (Fsp3) is 0.358. The molecule has 5 heterocycles. The van der Waals surface area contributed by atoms with E-state index in [-0.39, 0.29) is 36.0 Å². The number of fused-ring (bicyclic) bond motifs is 3. The third-order valence-corrected chi connectivity index (χ3v) is 18.4. The van der Waals surface area contributed by atoms with Crippen molar-refractivity contribution in [3.8, 4) is 34.5 Å². The summed E-state index contributed by atoms with van der Waals surface area (Å²) in [7, 11) is -21.3. The van der Waals surface area contributed by atoms with Crippen molar-refractivity contribution in [2.75, 3.05) is 43.4 Å². The Balaban J connectivity index is 0.915. The Labute approximate surface area is 462 Å². The maximum Gasteiger partial charge on any atom is 0.490 e. The van der Waals surface area contributed by atoms with E-state index in [9.17, 15) is 41.2 Å². The number of allylic oxidation sites excluding steroid dienone is 3. The molecule has 426 valence electrons. The van der Waals surface area contributed by atoms with E-state index in [1.165, 1.54) is 18.5 Å². The lowest BCUT2D eigenvalue weighted by Gasteiger charge is -2.27. The highest BCUT2D eigenvalue weighted by Gasteiger charge is 2.42. The number of carbonyl (C=O) groups is 1. The van der Waals surface area contributed by atoms with Gasteiger partial charge in [0.15, 0.2) is 0 Å². The van der Waals surface area contributed by atoms with Gasteiger partial charge >= 0.3 is 23.5 Å². The highest BCUT2D eigenvalue weighted by molar-refractivity contribution is 7.85. The standard InChI is InChI=1S/C53H62N7O16P3S/c1-6-58(7-2)38-22-25-42-41(35(3)50(74-45(42)30-38)36-16-10-8-11-17-36)19-14-20-46-53(4,5)43-31-40(80(69,70)71)24-26-44(43)59(46)29-13-9-12-21-47(61)55-28-15-18-37-32-60(52-49(37)51(54)56-34-57-52)48-27-23-39(73-48)33-72-78(65,66)76-79(67,68)75-77(62,63)64/h8,10-11,14,16-17,19-20,22,24-26,30-32,34,39,48H,6-7,9,12-13,21,23,27-29,33H2,1-5H3,(H7-,54,55,56,57,61,62,63,64,65,66,67,68,69,70,71)/t39-,48+/m0/s1. The van der Waals surface area contributed by atoms with Gasteiger partial charge in [-0.3, -0.25) is 9.32 Å². The van der Waals surface area contributed by atoms with Gasteiger partial charge in [0.2, 0.25) is 11.3 Å². The molecule has 23 nitrogen and oxygen atoms in total. The number of hydrogen-bond acceptors (Lipinski definition) is 16. The van der Waals surface area contributed by atoms with Crippen molar-refractivity contribution in [2.45, 2.75) is 95.8 Å². The number of anilines is 2. The number of nitrogen functional groups attached to an aromatic ring is 1. The van der Waals surface area contributed by atoms with Crippen LogP contribution in [0.15, 0.2) is 106 Å². The predicted molar refractivity (Wildman–Crippen MR) is 297 cm³/mol.